The number of aromatic nitrogens is 8. The zero-order valence-electron chi connectivity index (χ0n) is 36.6. The number of nitrogens with one attached hydrogen (secondary N) is 4. The Morgan fingerprint density at radius 1 is 0.636 bits per heavy atom. The molecule has 0 bridgehead atoms. The maximum Gasteiger partial charge on any atom is 0.339 e. The smallest absolute Gasteiger partial charge is 0.339 e. The first-order valence-corrected chi connectivity index (χ1v) is 22.5. The normalized spacial score (nSPS) is 22.1. The Kier molecular flexibility index (Phi) is 11.5. The summed E-state index contributed by atoms with van der Waals surface area (Å²) in [5, 5.41) is 24.0. The highest BCUT2D eigenvalue weighted by Gasteiger charge is 2.42. The number of carbonyl (C=O) groups excluding carboxylic acids is 1. The molecule has 66 heavy (non-hydrogen) atoms. The first-order chi connectivity index (χ1) is 32.0. The molecule has 0 amide bonds. The molecule has 4 fully saturated rings. The molecule has 6 heterocycles. The predicted octanol–water partition coefficient (Wildman–Crippen LogP) is 6.19. The predicted molar refractivity (Wildman–Crippen MR) is 246 cm³/mol. The SMILES string of the molecule is COC(=O)c1ccc(=O)n(-c2ccc(N[C@H]3CC[C@H](Nc4ncc(C5CC5c5cc(C(=O)O)cn(-c6cnc(N[C@H]7CC[C@H](Nc8ncc(C9CC9)cn8)C7)cc6C)c5=O)cn4)C3)nc2)c1. The van der Waals surface area contributed by atoms with Gasteiger partial charge in [0, 0.05) is 73.0 Å². The van der Waals surface area contributed by atoms with Crippen LogP contribution in [-0.4, -0.2) is 87.4 Å². The molecule has 4 aliphatic carbocycles. The second-order valence-corrected chi connectivity index (χ2v) is 17.9. The second kappa shape index (κ2) is 17.8. The van der Waals surface area contributed by atoms with Gasteiger partial charge in [0.2, 0.25) is 11.9 Å². The molecule has 0 aromatic carbocycles. The minimum atomic E-state index is -1.12. The minimum absolute atomic E-state index is 0.0252. The van der Waals surface area contributed by atoms with Gasteiger partial charge in [0.25, 0.3) is 11.1 Å². The Morgan fingerprint density at radius 3 is 1.83 bits per heavy atom. The van der Waals surface area contributed by atoms with Gasteiger partial charge in [-0.3, -0.25) is 18.7 Å². The fourth-order valence-corrected chi connectivity index (χ4v) is 9.41. The fraction of sp³-hybridized carbons (Fsp3) is 0.375. The number of rotatable bonds is 15. The van der Waals surface area contributed by atoms with Crippen molar-refractivity contribution in [1.29, 1.82) is 0 Å². The molecule has 10 rings (SSSR count). The van der Waals surface area contributed by atoms with E-state index in [-0.39, 0.29) is 58.2 Å². The number of methoxy groups -OCH3 is 1. The van der Waals surface area contributed by atoms with E-state index in [1.165, 1.54) is 65.2 Å². The van der Waals surface area contributed by atoms with E-state index in [0.717, 1.165) is 49.7 Å². The lowest BCUT2D eigenvalue weighted by Crippen LogP contribution is -2.25. The first kappa shape index (κ1) is 42.5. The van der Waals surface area contributed by atoms with E-state index in [2.05, 4.69) is 51.2 Å². The van der Waals surface area contributed by atoms with Crippen molar-refractivity contribution in [2.75, 3.05) is 28.4 Å². The van der Waals surface area contributed by atoms with Crippen molar-refractivity contribution in [2.45, 2.75) is 107 Å². The van der Waals surface area contributed by atoms with Crippen LogP contribution in [0.4, 0.5) is 23.5 Å². The van der Waals surface area contributed by atoms with Crippen molar-refractivity contribution in [3.63, 3.8) is 0 Å². The van der Waals surface area contributed by atoms with E-state index >= 15 is 0 Å². The van der Waals surface area contributed by atoms with E-state index in [0.29, 0.717) is 52.8 Å². The Morgan fingerprint density at radius 2 is 1.24 bits per heavy atom. The average molecular weight is 891 g/mol. The molecule has 0 spiro atoms. The standard InChI is InChI=1S/C48H50N12O6/c1-26-13-42(56-33-7-9-35(16-33)57-47-51-18-30(19-52-47)27-3-4-27)50-23-40(26)60-25-29(45(63)64)14-39(44(60)62)38-17-37(38)31-20-53-48(54-21-31)58-34-8-6-32(15-34)55-41-11-10-36(22-49-41)59-24-28(46(65)66-2)5-12-43(59)61/h5,10-14,18-25,27,32-35,37-38H,3-4,6-9,15-17H2,1-2H3,(H,49,55)(H,50,56)(H,63,64)(H,51,52,57)(H,53,54,58)/t32-,33-,34-,35-,37?,38?/m0/s1. The quantitative estimate of drug-likeness (QED) is 0.0723. The van der Waals surface area contributed by atoms with Gasteiger partial charge in [-0.2, -0.15) is 0 Å². The van der Waals surface area contributed by atoms with Crippen molar-refractivity contribution in [1.82, 2.24) is 39.0 Å². The van der Waals surface area contributed by atoms with E-state index in [1.807, 2.05) is 25.4 Å². The number of pyridine rings is 4. The van der Waals surface area contributed by atoms with Crippen LogP contribution in [0.3, 0.4) is 0 Å². The Hall–Kier alpha value is -7.50. The third-order valence-corrected chi connectivity index (χ3v) is 13.2. The number of carboxylic acid groups (broad SMARTS) is 1. The van der Waals surface area contributed by atoms with Crippen LogP contribution in [0.2, 0.25) is 0 Å². The molecule has 6 aromatic rings. The summed E-state index contributed by atoms with van der Waals surface area (Å²) in [6.45, 7) is 1.90. The van der Waals surface area contributed by atoms with Gasteiger partial charge in [0.15, 0.2) is 0 Å². The largest absolute Gasteiger partial charge is 0.478 e. The van der Waals surface area contributed by atoms with Gasteiger partial charge in [-0.05, 0) is 129 Å². The van der Waals surface area contributed by atoms with Crippen LogP contribution in [0.5, 0.6) is 0 Å². The molecule has 0 saturated heterocycles. The van der Waals surface area contributed by atoms with Gasteiger partial charge in [0.05, 0.1) is 42.0 Å². The third-order valence-electron chi connectivity index (χ3n) is 13.2. The Labute approximate surface area is 379 Å². The van der Waals surface area contributed by atoms with Gasteiger partial charge < -0.3 is 31.1 Å². The number of hydrogen-bond acceptors (Lipinski definition) is 15. The highest BCUT2D eigenvalue weighted by molar-refractivity contribution is 5.89. The van der Waals surface area contributed by atoms with Crippen LogP contribution in [-0.2, 0) is 4.74 Å². The summed E-state index contributed by atoms with van der Waals surface area (Å²) in [4.78, 5) is 78.4. The van der Waals surface area contributed by atoms with Gasteiger partial charge in [-0.25, -0.2) is 39.5 Å². The lowest BCUT2D eigenvalue weighted by atomic mass is 10.1. The molecule has 0 aliphatic heterocycles. The molecule has 4 saturated carbocycles. The number of nitrogens with zero attached hydrogens (tertiary/aromatic N) is 8. The number of esters is 1. The molecule has 338 valence electrons. The number of anilines is 4. The van der Waals surface area contributed by atoms with Gasteiger partial charge >= 0.3 is 11.9 Å². The first-order valence-electron chi connectivity index (χ1n) is 22.5. The minimum Gasteiger partial charge on any atom is -0.478 e. The van der Waals surface area contributed by atoms with E-state index in [9.17, 15) is 24.3 Å². The van der Waals surface area contributed by atoms with Crippen LogP contribution in [0, 0.1) is 6.92 Å². The van der Waals surface area contributed by atoms with E-state index in [4.69, 9.17) is 4.74 Å². The third kappa shape index (κ3) is 9.21. The number of aryl methyl sites for hydroxylation is 1. The number of aromatic carboxylic acids is 1. The number of carboxylic acids is 1. The summed E-state index contributed by atoms with van der Waals surface area (Å²) in [5.74, 6) is 1.29. The maximum atomic E-state index is 14.1. The van der Waals surface area contributed by atoms with Crippen molar-refractivity contribution >= 4 is 35.5 Å². The summed E-state index contributed by atoms with van der Waals surface area (Å²) in [6.07, 6.45) is 22.0. The summed E-state index contributed by atoms with van der Waals surface area (Å²) in [6, 6.07) is 10.5. The molecule has 6 aromatic heterocycles. The fourth-order valence-electron chi connectivity index (χ4n) is 9.41. The monoisotopic (exact) mass is 890 g/mol. The molecule has 0 radical (unpaired) electrons. The molecule has 2 unspecified atom stereocenters. The van der Waals surface area contributed by atoms with Crippen molar-refractivity contribution in [3.8, 4) is 11.4 Å². The number of ether oxygens (including phenoxy) is 1. The topological polar surface area (TPSA) is 233 Å². The lowest BCUT2D eigenvalue weighted by molar-refractivity contribution is 0.0599. The summed E-state index contributed by atoms with van der Waals surface area (Å²) >= 11 is 0. The van der Waals surface area contributed by atoms with Crippen LogP contribution < -0.4 is 32.4 Å². The van der Waals surface area contributed by atoms with Gasteiger partial charge in [-0.1, -0.05) is 0 Å². The van der Waals surface area contributed by atoms with Crippen molar-refractivity contribution in [2.24, 2.45) is 0 Å². The highest BCUT2D eigenvalue weighted by atomic mass is 16.5. The van der Waals surface area contributed by atoms with E-state index in [1.54, 1.807) is 36.9 Å². The van der Waals surface area contributed by atoms with Gasteiger partial charge in [-0.15, -0.1) is 0 Å². The van der Waals surface area contributed by atoms with E-state index < -0.39 is 11.9 Å². The molecular weight excluding hydrogens is 841 g/mol. The molecule has 4 aliphatic rings. The van der Waals surface area contributed by atoms with Crippen LogP contribution in [0.25, 0.3) is 11.4 Å². The molecular formula is C48H50N12O6. The summed E-state index contributed by atoms with van der Waals surface area (Å²) < 4.78 is 7.55. The van der Waals surface area contributed by atoms with Gasteiger partial charge in [0.1, 0.15) is 11.6 Å². The molecule has 18 nitrogen and oxygen atoms in total. The Bertz CT molecular complexity index is 2900. The molecule has 6 atom stereocenters. The van der Waals surface area contributed by atoms with Crippen LogP contribution in [0.1, 0.15) is 119 Å². The zero-order chi connectivity index (χ0) is 45.5. The highest BCUT2D eigenvalue weighted by Crippen LogP contribution is 2.53. The Balaban J connectivity index is 0.740. The van der Waals surface area contributed by atoms with Crippen molar-refractivity contribution in [3.05, 3.63) is 140 Å². The lowest BCUT2D eigenvalue weighted by Gasteiger charge is -2.17. The molecule has 5 N–H and O–H groups in total. The van der Waals surface area contributed by atoms with Crippen LogP contribution in [0.15, 0.2) is 95.6 Å². The van der Waals surface area contributed by atoms with Crippen molar-refractivity contribution < 1.29 is 19.4 Å². The average Bonchev–Trinajstić information content (AvgIpc) is 4.24. The molecule has 18 heteroatoms. The van der Waals surface area contributed by atoms with Crippen LogP contribution >= 0.6 is 0 Å². The maximum absolute atomic E-state index is 14.1. The number of hydrogen-bond donors (Lipinski definition) is 5. The second-order valence-electron chi connectivity index (χ2n) is 17.9. The summed E-state index contributed by atoms with van der Waals surface area (Å²) in [7, 11) is 1.29. The number of carbonyl (C=O) groups is 2. The summed E-state index contributed by atoms with van der Waals surface area (Å²) in [5.41, 5.74) is 4.10. The zero-order valence-corrected chi connectivity index (χ0v) is 36.6.